The summed E-state index contributed by atoms with van der Waals surface area (Å²) in [5.74, 6) is 1.15. The Labute approximate surface area is 283 Å². The molecule has 2 N–H and O–H groups in total. The number of nitrogens with zero attached hydrogens (tertiary/aromatic N) is 4. The first-order valence-corrected chi connectivity index (χ1v) is 18.1. The van der Waals surface area contributed by atoms with Gasteiger partial charge in [-0.15, -0.1) is 0 Å². The van der Waals surface area contributed by atoms with Gasteiger partial charge >= 0.3 is 0 Å². The smallest absolute Gasteiger partial charge is 0.261 e. The van der Waals surface area contributed by atoms with Crippen LogP contribution in [0.1, 0.15) is 76.2 Å². The maximum absolute atomic E-state index is 13.7. The third-order valence-corrected chi connectivity index (χ3v) is 10.2. The normalized spacial score (nSPS) is 17.9. The monoisotopic (exact) mass is 678 g/mol. The molecule has 2 unspecified atom stereocenters. The SMILES string of the molecule is CCC(=O)N1CCC(Oc2ccc(Nc3c(NS(=O)(=O)c4ccc(C(C)C)cc4)cc(OC4CCN(C(=O)CC)C4)nc3C)c(C)n2)C1. The fourth-order valence-corrected chi connectivity index (χ4v) is 7.00. The molecule has 2 aromatic heterocycles. The summed E-state index contributed by atoms with van der Waals surface area (Å²) in [6.45, 7) is 13.6. The fraction of sp³-hybridized carbons (Fsp3) is 0.486. The second-order valence-corrected chi connectivity index (χ2v) is 14.3. The van der Waals surface area contributed by atoms with Gasteiger partial charge < -0.3 is 24.6 Å². The van der Waals surface area contributed by atoms with Gasteiger partial charge in [0.25, 0.3) is 10.0 Å². The third kappa shape index (κ3) is 8.18. The average molecular weight is 679 g/mol. The summed E-state index contributed by atoms with van der Waals surface area (Å²) in [5, 5.41) is 3.34. The number of likely N-dealkylation sites (tertiary alicyclic amines) is 2. The minimum absolute atomic E-state index is 0.0685. The largest absolute Gasteiger partial charge is 0.472 e. The number of aryl methyl sites for hydroxylation is 2. The van der Waals surface area contributed by atoms with Gasteiger partial charge in [0.1, 0.15) is 12.2 Å². The fourth-order valence-electron chi connectivity index (χ4n) is 5.94. The molecule has 1 aromatic carbocycles. The van der Waals surface area contributed by atoms with E-state index in [4.69, 9.17) is 9.47 Å². The topological polar surface area (TPSA) is 143 Å². The molecule has 2 aliphatic rings. The van der Waals surface area contributed by atoms with Gasteiger partial charge in [0.15, 0.2) is 0 Å². The van der Waals surface area contributed by atoms with Crippen LogP contribution in [0, 0.1) is 13.8 Å². The molecule has 2 saturated heterocycles. The molecule has 0 saturated carbocycles. The zero-order valence-corrected chi connectivity index (χ0v) is 29.4. The van der Waals surface area contributed by atoms with Crippen LogP contribution in [0.15, 0.2) is 47.4 Å². The van der Waals surface area contributed by atoms with Crippen LogP contribution in [0.5, 0.6) is 11.8 Å². The quantitative estimate of drug-likeness (QED) is 0.252. The summed E-state index contributed by atoms with van der Waals surface area (Å²) in [6, 6.07) is 12.0. The number of carbonyl (C=O) groups excluding carboxylic acids is 2. The Kier molecular flexibility index (Phi) is 10.8. The van der Waals surface area contributed by atoms with Crippen molar-refractivity contribution in [3.8, 4) is 11.8 Å². The Bertz CT molecular complexity index is 1750. The van der Waals surface area contributed by atoms with E-state index in [2.05, 4.69) is 33.9 Å². The average Bonchev–Trinajstić information content (AvgIpc) is 3.73. The van der Waals surface area contributed by atoms with E-state index in [9.17, 15) is 18.0 Å². The number of rotatable bonds is 12. The van der Waals surface area contributed by atoms with Gasteiger partial charge in [0, 0.05) is 50.9 Å². The second kappa shape index (κ2) is 14.8. The maximum Gasteiger partial charge on any atom is 0.261 e. The Hall–Kier alpha value is -4.39. The summed E-state index contributed by atoms with van der Waals surface area (Å²) in [6.07, 6.45) is 1.90. The minimum atomic E-state index is -3.99. The Balaban J connectivity index is 1.40. The summed E-state index contributed by atoms with van der Waals surface area (Å²) in [7, 11) is -3.99. The molecule has 4 heterocycles. The molecule has 2 atom stereocenters. The standard InChI is InChI=1S/C35H46N6O6S/c1-7-33(42)40-17-15-26(20-40)46-31-14-13-29(23(5)36-31)38-35-24(6)37-32(47-27-16-18-41(21-27)34(43)8-2)19-30(35)39-48(44,45)28-11-9-25(10-12-28)22(3)4/h9-14,19,22,26-27,38H,7-8,15-18,20-21H2,1-6H3,(H,37,39). The molecule has 258 valence electrons. The zero-order chi connectivity index (χ0) is 34.6. The summed E-state index contributed by atoms with van der Waals surface area (Å²) < 4.78 is 42.4. The molecule has 0 spiro atoms. The van der Waals surface area contributed by atoms with Crippen molar-refractivity contribution in [1.82, 2.24) is 19.8 Å². The van der Waals surface area contributed by atoms with Crippen LogP contribution < -0.4 is 19.5 Å². The highest BCUT2D eigenvalue weighted by Crippen LogP contribution is 2.35. The number of hydrogen-bond acceptors (Lipinski definition) is 9. The molecular weight excluding hydrogens is 632 g/mol. The van der Waals surface area contributed by atoms with Crippen molar-refractivity contribution in [2.45, 2.75) is 90.2 Å². The number of anilines is 3. The van der Waals surface area contributed by atoms with Crippen LogP contribution >= 0.6 is 0 Å². The molecule has 48 heavy (non-hydrogen) atoms. The van der Waals surface area contributed by atoms with Crippen molar-refractivity contribution in [2.24, 2.45) is 0 Å². The van der Waals surface area contributed by atoms with Crippen LogP contribution in [0.4, 0.5) is 17.1 Å². The van der Waals surface area contributed by atoms with Crippen molar-refractivity contribution in [3.05, 3.63) is 59.4 Å². The second-order valence-electron chi connectivity index (χ2n) is 12.6. The number of carbonyl (C=O) groups is 2. The Morgan fingerprint density at radius 2 is 1.40 bits per heavy atom. The number of nitrogens with one attached hydrogen (secondary N) is 2. The van der Waals surface area contributed by atoms with Gasteiger partial charge in [-0.1, -0.05) is 39.8 Å². The van der Waals surface area contributed by atoms with Crippen molar-refractivity contribution in [2.75, 3.05) is 36.2 Å². The van der Waals surface area contributed by atoms with Crippen molar-refractivity contribution in [3.63, 3.8) is 0 Å². The van der Waals surface area contributed by atoms with E-state index in [-0.39, 0.29) is 46.4 Å². The van der Waals surface area contributed by atoms with E-state index < -0.39 is 10.0 Å². The van der Waals surface area contributed by atoms with Gasteiger partial charge in [0.05, 0.1) is 46.4 Å². The van der Waals surface area contributed by atoms with Gasteiger partial charge in [-0.2, -0.15) is 0 Å². The van der Waals surface area contributed by atoms with Gasteiger partial charge in [-0.25, -0.2) is 18.4 Å². The molecule has 0 aliphatic carbocycles. The highest BCUT2D eigenvalue weighted by atomic mass is 32.2. The highest BCUT2D eigenvalue weighted by Gasteiger charge is 2.29. The lowest BCUT2D eigenvalue weighted by atomic mass is 10.0. The molecule has 2 fully saturated rings. The van der Waals surface area contributed by atoms with E-state index in [0.29, 0.717) is 74.1 Å². The van der Waals surface area contributed by atoms with Crippen LogP contribution in [-0.2, 0) is 19.6 Å². The zero-order valence-electron chi connectivity index (χ0n) is 28.6. The van der Waals surface area contributed by atoms with Crippen molar-refractivity contribution in [1.29, 1.82) is 0 Å². The number of ether oxygens (including phenoxy) is 2. The predicted molar refractivity (Wildman–Crippen MR) is 184 cm³/mol. The number of hydrogen-bond donors (Lipinski definition) is 2. The molecule has 0 radical (unpaired) electrons. The summed E-state index contributed by atoms with van der Waals surface area (Å²) in [4.78, 5) is 37.3. The van der Waals surface area contributed by atoms with Crippen molar-refractivity contribution < 1.29 is 27.5 Å². The van der Waals surface area contributed by atoms with Crippen molar-refractivity contribution >= 4 is 38.9 Å². The van der Waals surface area contributed by atoms with Crippen LogP contribution in [0.2, 0.25) is 0 Å². The van der Waals surface area contributed by atoms with E-state index >= 15 is 0 Å². The van der Waals surface area contributed by atoms with E-state index in [1.807, 2.05) is 43.9 Å². The lowest BCUT2D eigenvalue weighted by Crippen LogP contribution is -2.30. The summed E-state index contributed by atoms with van der Waals surface area (Å²) >= 11 is 0. The highest BCUT2D eigenvalue weighted by molar-refractivity contribution is 7.92. The van der Waals surface area contributed by atoms with E-state index in [0.717, 1.165) is 12.0 Å². The lowest BCUT2D eigenvalue weighted by molar-refractivity contribution is -0.130. The number of amides is 2. The predicted octanol–water partition coefficient (Wildman–Crippen LogP) is 5.54. The number of benzene rings is 1. The number of aromatic nitrogens is 2. The van der Waals surface area contributed by atoms with Crippen LogP contribution in [0.25, 0.3) is 0 Å². The molecule has 0 bridgehead atoms. The Morgan fingerprint density at radius 3 is 1.94 bits per heavy atom. The third-order valence-electron chi connectivity index (χ3n) is 8.77. The number of sulfonamides is 1. The first kappa shape index (κ1) is 34.9. The molecule has 2 aliphatic heterocycles. The molecule has 5 rings (SSSR count). The van der Waals surface area contributed by atoms with Gasteiger partial charge in [-0.3, -0.25) is 14.3 Å². The molecule has 13 heteroatoms. The number of pyridine rings is 2. The van der Waals surface area contributed by atoms with E-state index in [1.165, 1.54) is 0 Å². The van der Waals surface area contributed by atoms with E-state index in [1.54, 1.807) is 36.1 Å². The minimum Gasteiger partial charge on any atom is -0.472 e. The van der Waals surface area contributed by atoms with Gasteiger partial charge in [0.2, 0.25) is 23.6 Å². The molecule has 3 aromatic rings. The maximum atomic E-state index is 13.7. The summed E-state index contributed by atoms with van der Waals surface area (Å²) in [5.41, 5.74) is 3.52. The lowest BCUT2D eigenvalue weighted by Gasteiger charge is -2.21. The van der Waals surface area contributed by atoms with Crippen LogP contribution in [-0.4, -0.2) is 78.4 Å². The first-order chi connectivity index (χ1) is 22.9. The molecular formula is C35H46N6O6S. The first-order valence-electron chi connectivity index (χ1n) is 16.6. The molecule has 2 amide bonds. The van der Waals surface area contributed by atoms with Crippen LogP contribution in [0.3, 0.4) is 0 Å². The molecule has 12 nitrogen and oxygen atoms in total. The Morgan fingerprint density at radius 1 is 0.833 bits per heavy atom. The van der Waals surface area contributed by atoms with Gasteiger partial charge in [-0.05, 0) is 43.5 Å².